The number of rotatable bonds is 7. The van der Waals surface area contributed by atoms with Crippen LogP contribution in [0.15, 0.2) is 0 Å². The molecule has 1 saturated carbocycles. The molecule has 5 heteroatoms. The average molecular weight is 253 g/mol. The Morgan fingerprint density at radius 2 is 2.00 bits per heavy atom. The fraction of sp³-hybridized carbons (Fsp3) is 0.846. The predicted octanol–water partition coefficient (Wildman–Crippen LogP) is 1.54. The molecule has 18 heavy (non-hydrogen) atoms. The second kappa shape index (κ2) is 6.85. The maximum atomic E-state index is 9.25. The average Bonchev–Trinajstić information content (AvgIpc) is 3.03. The van der Waals surface area contributed by atoms with Gasteiger partial charge in [0.25, 0.3) is 0 Å². The smallest absolute Gasteiger partial charge is 0.158 e. The summed E-state index contributed by atoms with van der Waals surface area (Å²) in [5.74, 6) is 2.49. The number of aromatic nitrogens is 3. The summed E-state index contributed by atoms with van der Waals surface area (Å²) in [6.07, 6.45) is 7.63. The molecule has 0 bridgehead atoms. The van der Waals surface area contributed by atoms with Gasteiger partial charge in [-0.1, -0.05) is 25.7 Å². The van der Waals surface area contributed by atoms with Crippen LogP contribution in [0.1, 0.15) is 43.8 Å². The second-order valence-corrected chi connectivity index (χ2v) is 5.02. The van der Waals surface area contributed by atoms with Crippen LogP contribution in [0.4, 0.5) is 0 Å². The van der Waals surface area contributed by atoms with Gasteiger partial charge < -0.3 is 14.4 Å². The number of aliphatic hydroxyl groups is 1. The Bertz CT molecular complexity index is 359. The highest BCUT2D eigenvalue weighted by Crippen LogP contribution is 2.28. The lowest BCUT2D eigenvalue weighted by atomic mass is 10.0. The summed E-state index contributed by atoms with van der Waals surface area (Å²) >= 11 is 0. The summed E-state index contributed by atoms with van der Waals surface area (Å²) in [5, 5.41) is 17.5. The van der Waals surface area contributed by atoms with Gasteiger partial charge in [0.1, 0.15) is 12.4 Å². The molecule has 0 atom stereocenters. The normalized spacial score (nSPS) is 16.6. The zero-order chi connectivity index (χ0) is 12.8. The first-order chi connectivity index (χ1) is 8.85. The Morgan fingerprint density at radius 1 is 1.28 bits per heavy atom. The van der Waals surface area contributed by atoms with E-state index < -0.39 is 0 Å². The zero-order valence-corrected chi connectivity index (χ0v) is 11.1. The van der Waals surface area contributed by atoms with Crippen molar-refractivity contribution in [3.05, 3.63) is 11.6 Å². The predicted molar refractivity (Wildman–Crippen MR) is 68.1 cm³/mol. The minimum absolute atomic E-state index is 0.0554. The molecule has 102 valence electrons. The minimum atomic E-state index is -0.0554. The van der Waals surface area contributed by atoms with Crippen molar-refractivity contribution in [2.45, 2.75) is 51.7 Å². The van der Waals surface area contributed by atoms with Crippen molar-refractivity contribution in [2.24, 2.45) is 5.92 Å². The van der Waals surface area contributed by atoms with Gasteiger partial charge in [-0.3, -0.25) is 0 Å². The van der Waals surface area contributed by atoms with Crippen molar-refractivity contribution in [3.8, 4) is 0 Å². The van der Waals surface area contributed by atoms with E-state index in [9.17, 15) is 5.11 Å². The number of nitrogens with zero attached hydrogens (tertiary/aromatic N) is 3. The van der Waals surface area contributed by atoms with Gasteiger partial charge in [0.15, 0.2) is 5.82 Å². The van der Waals surface area contributed by atoms with Crippen LogP contribution in [0.25, 0.3) is 0 Å². The fourth-order valence-corrected chi connectivity index (χ4v) is 2.75. The van der Waals surface area contributed by atoms with Crippen molar-refractivity contribution in [3.63, 3.8) is 0 Å². The Hall–Kier alpha value is -0.940. The third-order valence-electron chi connectivity index (χ3n) is 3.82. The van der Waals surface area contributed by atoms with Crippen molar-refractivity contribution < 1.29 is 9.84 Å². The van der Waals surface area contributed by atoms with Crippen LogP contribution in [0, 0.1) is 5.92 Å². The summed E-state index contributed by atoms with van der Waals surface area (Å²) in [6, 6.07) is 0. The molecule has 1 fully saturated rings. The van der Waals surface area contributed by atoms with E-state index in [1.54, 1.807) is 7.11 Å². The standard InChI is InChI=1S/C13H23N3O2/c1-18-9-8-16-12(14-15-13(16)10-17)7-6-11-4-2-3-5-11/h11,17H,2-10H2,1H3. The molecule has 0 aliphatic heterocycles. The van der Waals surface area contributed by atoms with Crippen molar-refractivity contribution in [2.75, 3.05) is 13.7 Å². The van der Waals surface area contributed by atoms with Gasteiger partial charge in [-0.2, -0.15) is 0 Å². The first-order valence-electron chi connectivity index (χ1n) is 6.86. The van der Waals surface area contributed by atoms with Crippen LogP contribution < -0.4 is 0 Å². The van der Waals surface area contributed by atoms with Gasteiger partial charge in [0.2, 0.25) is 0 Å². The van der Waals surface area contributed by atoms with E-state index in [-0.39, 0.29) is 6.61 Å². The number of hydrogen-bond donors (Lipinski definition) is 1. The van der Waals surface area contributed by atoms with E-state index in [4.69, 9.17) is 4.74 Å². The lowest BCUT2D eigenvalue weighted by Gasteiger charge is -2.11. The maximum Gasteiger partial charge on any atom is 0.158 e. The topological polar surface area (TPSA) is 60.2 Å². The highest BCUT2D eigenvalue weighted by Gasteiger charge is 2.17. The number of aryl methyl sites for hydroxylation is 1. The molecule has 1 heterocycles. The third kappa shape index (κ3) is 3.29. The van der Waals surface area contributed by atoms with Gasteiger partial charge in [0.05, 0.1) is 6.61 Å². The zero-order valence-electron chi connectivity index (χ0n) is 11.1. The van der Waals surface area contributed by atoms with Crippen molar-refractivity contribution in [1.29, 1.82) is 0 Å². The minimum Gasteiger partial charge on any atom is -0.388 e. The van der Waals surface area contributed by atoms with Crippen LogP contribution in [-0.4, -0.2) is 33.6 Å². The number of aliphatic hydroxyl groups excluding tert-OH is 1. The Labute approximate surface area is 108 Å². The molecule has 0 aromatic carbocycles. The molecule has 1 aromatic heterocycles. The lowest BCUT2D eigenvalue weighted by molar-refractivity contribution is 0.181. The molecule has 0 unspecified atom stereocenters. The summed E-state index contributed by atoms with van der Waals surface area (Å²) < 4.78 is 7.09. The molecule has 0 amide bonds. The van der Waals surface area contributed by atoms with Gasteiger partial charge >= 0.3 is 0 Å². The van der Waals surface area contributed by atoms with E-state index in [2.05, 4.69) is 10.2 Å². The third-order valence-corrected chi connectivity index (χ3v) is 3.82. The summed E-state index contributed by atoms with van der Waals surface area (Å²) in [5.41, 5.74) is 0. The van der Waals surface area contributed by atoms with Crippen LogP contribution in [0.2, 0.25) is 0 Å². The molecule has 5 nitrogen and oxygen atoms in total. The van der Waals surface area contributed by atoms with Gasteiger partial charge in [-0.05, 0) is 12.3 Å². The highest BCUT2D eigenvalue weighted by molar-refractivity contribution is 4.95. The van der Waals surface area contributed by atoms with Crippen LogP contribution in [0.3, 0.4) is 0 Å². The molecule has 1 N–H and O–H groups in total. The van der Waals surface area contributed by atoms with Gasteiger partial charge in [-0.15, -0.1) is 10.2 Å². The number of methoxy groups -OCH3 is 1. The Kier molecular flexibility index (Phi) is 5.13. The summed E-state index contributed by atoms with van der Waals surface area (Å²) in [7, 11) is 1.68. The first kappa shape index (κ1) is 13.5. The fourth-order valence-electron chi connectivity index (χ4n) is 2.75. The second-order valence-electron chi connectivity index (χ2n) is 5.02. The van der Waals surface area contributed by atoms with E-state index in [0.717, 1.165) is 24.7 Å². The summed E-state index contributed by atoms with van der Waals surface area (Å²) in [6.45, 7) is 1.29. The van der Waals surface area contributed by atoms with Crippen molar-refractivity contribution in [1.82, 2.24) is 14.8 Å². The van der Waals surface area contributed by atoms with E-state index in [1.807, 2.05) is 4.57 Å². The quantitative estimate of drug-likeness (QED) is 0.800. The molecule has 1 aliphatic carbocycles. The van der Waals surface area contributed by atoms with Crippen molar-refractivity contribution >= 4 is 0 Å². The molecule has 1 aliphatic rings. The Balaban J connectivity index is 1.94. The van der Waals surface area contributed by atoms with E-state index in [1.165, 1.54) is 32.1 Å². The van der Waals surface area contributed by atoms with E-state index in [0.29, 0.717) is 12.4 Å². The molecular weight excluding hydrogens is 230 g/mol. The van der Waals surface area contributed by atoms with Gasteiger partial charge in [0, 0.05) is 20.1 Å². The van der Waals surface area contributed by atoms with Crippen LogP contribution >= 0.6 is 0 Å². The summed E-state index contributed by atoms with van der Waals surface area (Å²) in [4.78, 5) is 0. The molecule has 1 aromatic rings. The Morgan fingerprint density at radius 3 is 2.67 bits per heavy atom. The molecular formula is C13H23N3O2. The molecule has 0 saturated heterocycles. The molecule has 0 radical (unpaired) electrons. The monoisotopic (exact) mass is 253 g/mol. The van der Waals surface area contributed by atoms with Gasteiger partial charge in [-0.25, -0.2) is 0 Å². The number of ether oxygens (including phenoxy) is 1. The van der Waals surface area contributed by atoms with Crippen LogP contribution in [0.5, 0.6) is 0 Å². The molecule has 0 spiro atoms. The SMILES string of the molecule is COCCn1c(CO)nnc1CCC1CCCC1. The maximum absolute atomic E-state index is 9.25. The van der Waals surface area contributed by atoms with E-state index >= 15 is 0 Å². The lowest BCUT2D eigenvalue weighted by Crippen LogP contribution is -2.12. The molecule has 2 rings (SSSR count). The number of hydrogen-bond acceptors (Lipinski definition) is 4. The highest BCUT2D eigenvalue weighted by atomic mass is 16.5. The first-order valence-corrected chi connectivity index (χ1v) is 6.86. The largest absolute Gasteiger partial charge is 0.388 e. The van der Waals surface area contributed by atoms with Crippen LogP contribution in [-0.2, 0) is 24.3 Å².